The molecule has 0 bridgehead atoms. The SMILES string of the molecule is Nc1ncnc2c1c(C(=O)c1cccc(NS(=O)(=O)c3cc(Cl)cc(Cl)c3)c1)cn2C1CCN(C(=O)c2ccncc2)CC1. The van der Waals surface area contributed by atoms with Crippen molar-refractivity contribution in [3.05, 3.63) is 106 Å². The number of nitrogens with one attached hydrogen (secondary N) is 1. The number of piperidine rings is 1. The van der Waals surface area contributed by atoms with Crippen molar-refractivity contribution >= 4 is 67.5 Å². The molecule has 11 nitrogen and oxygen atoms in total. The number of carbonyl (C=O) groups excluding carboxylic acids is 2. The topological polar surface area (TPSA) is 153 Å². The van der Waals surface area contributed by atoms with Gasteiger partial charge in [-0.05, 0) is 55.3 Å². The van der Waals surface area contributed by atoms with Crippen LogP contribution in [0.4, 0.5) is 11.5 Å². The number of nitrogen functional groups attached to an aromatic ring is 1. The van der Waals surface area contributed by atoms with Gasteiger partial charge in [0.1, 0.15) is 17.8 Å². The van der Waals surface area contributed by atoms with Crippen LogP contribution in [0.3, 0.4) is 0 Å². The minimum Gasteiger partial charge on any atom is -0.383 e. The Hall–Kier alpha value is -4.52. The van der Waals surface area contributed by atoms with E-state index < -0.39 is 10.0 Å². The standard InChI is InChI=1S/C30H25Cl2N7O4S/c31-20-13-21(32)15-24(14-20)44(42,43)37-22-3-1-2-19(12-22)27(40)25-16-39(29-26(25)28(33)35-17-36-29)23-6-10-38(11-7-23)30(41)18-4-8-34-9-5-18/h1-5,8-9,12-17,23,37H,6-7,10-11H2,(H2,33,35,36). The summed E-state index contributed by atoms with van der Waals surface area (Å²) in [6, 6.07) is 13.5. The van der Waals surface area contributed by atoms with Crippen LogP contribution >= 0.6 is 23.2 Å². The number of rotatable bonds is 7. The Morgan fingerprint density at radius 1 is 0.932 bits per heavy atom. The summed E-state index contributed by atoms with van der Waals surface area (Å²) in [4.78, 5) is 41.0. The zero-order chi connectivity index (χ0) is 31.0. The van der Waals surface area contributed by atoms with E-state index in [0.29, 0.717) is 42.5 Å². The molecule has 6 rings (SSSR count). The van der Waals surface area contributed by atoms with Crippen molar-refractivity contribution < 1.29 is 18.0 Å². The summed E-state index contributed by atoms with van der Waals surface area (Å²) in [5, 5.41) is 0.750. The van der Waals surface area contributed by atoms with Gasteiger partial charge in [0.15, 0.2) is 5.78 Å². The second-order valence-corrected chi connectivity index (χ2v) is 12.8. The maximum atomic E-state index is 13.9. The lowest BCUT2D eigenvalue weighted by atomic mass is 10.0. The molecular weight excluding hydrogens is 625 g/mol. The normalized spacial score (nSPS) is 14.1. The highest BCUT2D eigenvalue weighted by atomic mass is 35.5. The van der Waals surface area contributed by atoms with Crippen LogP contribution in [0.25, 0.3) is 11.0 Å². The Morgan fingerprint density at radius 2 is 1.64 bits per heavy atom. The number of hydrogen-bond acceptors (Lipinski definition) is 8. The summed E-state index contributed by atoms with van der Waals surface area (Å²) in [6.45, 7) is 1.05. The number of sulfonamides is 1. The molecule has 0 aliphatic carbocycles. The van der Waals surface area contributed by atoms with Crippen molar-refractivity contribution in [2.75, 3.05) is 23.5 Å². The highest BCUT2D eigenvalue weighted by Gasteiger charge is 2.29. The highest BCUT2D eigenvalue weighted by molar-refractivity contribution is 7.92. The van der Waals surface area contributed by atoms with Gasteiger partial charge < -0.3 is 15.2 Å². The third-order valence-corrected chi connectivity index (χ3v) is 9.28. The number of likely N-dealkylation sites (tertiary alicyclic amines) is 1. The molecule has 14 heteroatoms. The van der Waals surface area contributed by atoms with Crippen LogP contribution in [-0.4, -0.2) is 57.6 Å². The lowest BCUT2D eigenvalue weighted by Crippen LogP contribution is -2.39. The Balaban J connectivity index is 1.27. The number of carbonyl (C=O) groups is 2. The predicted octanol–water partition coefficient (Wildman–Crippen LogP) is 5.22. The Labute approximate surface area is 262 Å². The summed E-state index contributed by atoms with van der Waals surface area (Å²) >= 11 is 12.0. The Kier molecular flexibility index (Phi) is 7.97. The van der Waals surface area contributed by atoms with Gasteiger partial charge in [-0.25, -0.2) is 18.4 Å². The van der Waals surface area contributed by atoms with Crippen LogP contribution in [0.2, 0.25) is 10.0 Å². The van der Waals surface area contributed by atoms with E-state index >= 15 is 0 Å². The Bertz CT molecular complexity index is 1990. The smallest absolute Gasteiger partial charge is 0.261 e. The number of nitrogens with two attached hydrogens (primary N) is 1. The molecule has 1 saturated heterocycles. The van der Waals surface area contributed by atoms with Gasteiger partial charge in [0, 0.05) is 64.6 Å². The number of hydrogen-bond donors (Lipinski definition) is 2. The van der Waals surface area contributed by atoms with Gasteiger partial charge in [-0.15, -0.1) is 0 Å². The highest BCUT2D eigenvalue weighted by Crippen LogP contribution is 2.33. The number of fused-ring (bicyclic) bond motifs is 1. The molecule has 3 N–H and O–H groups in total. The lowest BCUT2D eigenvalue weighted by Gasteiger charge is -2.33. The molecule has 1 aliphatic heterocycles. The molecule has 0 saturated carbocycles. The quantitative estimate of drug-likeness (QED) is 0.227. The zero-order valence-electron chi connectivity index (χ0n) is 23.0. The fraction of sp³-hybridized carbons (Fsp3) is 0.167. The molecule has 0 radical (unpaired) electrons. The minimum atomic E-state index is -4.05. The first kappa shape index (κ1) is 29.5. The van der Waals surface area contributed by atoms with Crippen LogP contribution in [0.1, 0.15) is 45.2 Å². The van der Waals surface area contributed by atoms with Gasteiger partial charge in [-0.2, -0.15) is 0 Å². The number of benzene rings is 2. The first-order chi connectivity index (χ1) is 21.1. The number of amides is 1. The van der Waals surface area contributed by atoms with E-state index in [1.807, 2.05) is 4.57 Å². The van der Waals surface area contributed by atoms with E-state index in [1.54, 1.807) is 47.8 Å². The van der Waals surface area contributed by atoms with Crippen LogP contribution in [0, 0.1) is 0 Å². The average molecular weight is 651 g/mol. The molecule has 1 fully saturated rings. The van der Waals surface area contributed by atoms with Gasteiger partial charge in [0.05, 0.1) is 15.8 Å². The first-order valence-electron chi connectivity index (χ1n) is 13.5. The lowest BCUT2D eigenvalue weighted by molar-refractivity contribution is 0.0696. The predicted molar refractivity (Wildman–Crippen MR) is 167 cm³/mol. The van der Waals surface area contributed by atoms with Crippen molar-refractivity contribution in [3.8, 4) is 0 Å². The van der Waals surface area contributed by atoms with Crippen LogP contribution < -0.4 is 10.5 Å². The summed E-state index contributed by atoms with van der Waals surface area (Å²) in [7, 11) is -4.05. The molecule has 1 amide bonds. The molecule has 4 heterocycles. The molecule has 0 spiro atoms. The van der Waals surface area contributed by atoms with Gasteiger partial charge >= 0.3 is 0 Å². The molecule has 0 atom stereocenters. The van der Waals surface area contributed by atoms with Crippen molar-refractivity contribution in [1.82, 2.24) is 24.4 Å². The molecule has 1 aliphatic rings. The third-order valence-electron chi connectivity index (χ3n) is 7.48. The van der Waals surface area contributed by atoms with Crippen LogP contribution in [0.5, 0.6) is 0 Å². The minimum absolute atomic E-state index is 0.0440. The van der Waals surface area contributed by atoms with Crippen LogP contribution in [-0.2, 0) is 10.0 Å². The largest absolute Gasteiger partial charge is 0.383 e. The second-order valence-electron chi connectivity index (χ2n) is 10.3. The van der Waals surface area contributed by atoms with E-state index in [1.165, 1.54) is 36.7 Å². The maximum absolute atomic E-state index is 13.9. The van der Waals surface area contributed by atoms with E-state index in [-0.39, 0.29) is 55.3 Å². The van der Waals surface area contributed by atoms with E-state index in [0.717, 1.165) is 0 Å². The molecule has 224 valence electrons. The van der Waals surface area contributed by atoms with Gasteiger partial charge in [0.2, 0.25) is 0 Å². The number of aromatic nitrogens is 4. The number of halogens is 2. The number of ketones is 1. The van der Waals surface area contributed by atoms with Crippen molar-refractivity contribution in [2.24, 2.45) is 0 Å². The second kappa shape index (κ2) is 11.9. The summed E-state index contributed by atoms with van der Waals surface area (Å²) in [6.07, 6.45) is 7.53. The molecule has 0 unspecified atom stereocenters. The van der Waals surface area contributed by atoms with Gasteiger partial charge in [-0.1, -0.05) is 35.3 Å². The number of pyridine rings is 1. The fourth-order valence-corrected chi connectivity index (χ4v) is 7.14. The van der Waals surface area contributed by atoms with Gasteiger partial charge in [-0.3, -0.25) is 19.3 Å². The molecular formula is C30H25Cl2N7O4S. The van der Waals surface area contributed by atoms with E-state index in [2.05, 4.69) is 19.7 Å². The molecule has 3 aromatic heterocycles. The van der Waals surface area contributed by atoms with E-state index in [4.69, 9.17) is 28.9 Å². The number of anilines is 2. The monoisotopic (exact) mass is 649 g/mol. The van der Waals surface area contributed by atoms with E-state index in [9.17, 15) is 18.0 Å². The van der Waals surface area contributed by atoms with Crippen molar-refractivity contribution in [3.63, 3.8) is 0 Å². The zero-order valence-corrected chi connectivity index (χ0v) is 25.4. The van der Waals surface area contributed by atoms with Crippen molar-refractivity contribution in [1.29, 1.82) is 0 Å². The molecule has 5 aromatic rings. The Morgan fingerprint density at radius 3 is 2.34 bits per heavy atom. The van der Waals surface area contributed by atoms with Crippen LogP contribution in [0.15, 0.2) is 84.4 Å². The maximum Gasteiger partial charge on any atom is 0.261 e. The molecule has 44 heavy (non-hydrogen) atoms. The van der Waals surface area contributed by atoms with Gasteiger partial charge in [0.25, 0.3) is 15.9 Å². The summed E-state index contributed by atoms with van der Waals surface area (Å²) in [5.41, 5.74) is 8.04. The summed E-state index contributed by atoms with van der Waals surface area (Å²) in [5.74, 6) is -0.288. The average Bonchev–Trinajstić information content (AvgIpc) is 3.41. The number of nitrogens with zero attached hydrogens (tertiary/aromatic N) is 5. The third kappa shape index (κ3) is 5.83. The summed E-state index contributed by atoms with van der Waals surface area (Å²) < 4.78 is 30.4. The first-order valence-corrected chi connectivity index (χ1v) is 15.8. The fourth-order valence-electron chi connectivity index (χ4n) is 5.36. The molecule has 2 aromatic carbocycles. The van der Waals surface area contributed by atoms with Crippen molar-refractivity contribution in [2.45, 2.75) is 23.8 Å².